The van der Waals surface area contributed by atoms with Gasteiger partial charge in [-0.1, -0.05) is 44.2 Å². The molecule has 1 aromatic rings. The summed E-state index contributed by atoms with van der Waals surface area (Å²) in [7, 11) is 0. The van der Waals surface area contributed by atoms with Gasteiger partial charge in [0.05, 0.1) is 19.1 Å². The molecule has 0 radical (unpaired) electrons. The largest absolute Gasteiger partial charge is 0.396 e. The number of hydrogen-bond acceptors (Lipinski definition) is 3. The van der Waals surface area contributed by atoms with Gasteiger partial charge in [-0.15, -0.1) is 0 Å². The number of carbonyl (C=O) groups excluding carboxylic acids is 1. The van der Waals surface area contributed by atoms with Crippen molar-refractivity contribution in [3.63, 3.8) is 0 Å². The van der Waals surface area contributed by atoms with Crippen LogP contribution in [0.2, 0.25) is 0 Å². The molecular formula is C15H23NO3. The summed E-state index contributed by atoms with van der Waals surface area (Å²) in [6, 6.07) is 9.20. The highest BCUT2D eigenvalue weighted by atomic mass is 16.3. The summed E-state index contributed by atoms with van der Waals surface area (Å²) in [6.45, 7) is 5.37. The third kappa shape index (κ3) is 4.33. The number of hydrogen-bond donors (Lipinski definition) is 3. The van der Waals surface area contributed by atoms with Gasteiger partial charge in [-0.3, -0.25) is 4.79 Å². The van der Waals surface area contributed by atoms with Gasteiger partial charge in [0, 0.05) is 0 Å². The normalized spacial score (nSPS) is 15.9. The number of benzene rings is 1. The fourth-order valence-corrected chi connectivity index (χ4v) is 1.89. The Hall–Kier alpha value is -1.39. The Balaban J connectivity index is 2.63. The molecule has 0 saturated carbocycles. The van der Waals surface area contributed by atoms with Crippen molar-refractivity contribution < 1.29 is 15.0 Å². The molecule has 1 rings (SSSR count). The molecule has 0 aliphatic carbocycles. The van der Waals surface area contributed by atoms with Crippen LogP contribution in [0.25, 0.3) is 0 Å². The van der Waals surface area contributed by atoms with Crippen molar-refractivity contribution in [3.8, 4) is 0 Å². The molecule has 4 heteroatoms. The molecule has 0 bridgehead atoms. The van der Waals surface area contributed by atoms with Gasteiger partial charge < -0.3 is 15.5 Å². The molecule has 4 nitrogen and oxygen atoms in total. The number of nitrogens with one attached hydrogen (secondary N) is 1. The van der Waals surface area contributed by atoms with Crippen molar-refractivity contribution in [1.29, 1.82) is 0 Å². The van der Waals surface area contributed by atoms with E-state index in [9.17, 15) is 15.0 Å². The average molecular weight is 265 g/mol. The first-order chi connectivity index (χ1) is 8.88. The highest BCUT2D eigenvalue weighted by Gasteiger charge is 2.26. The van der Waals surface area contributed by atoms with E-state index >= 15 is 0 Å². The van der Waals surface area contributed by atoms with Crippen LogP contribution in [-0.4, -0.2) is 29.3 Å². The fourth-order valence-electron chi connectivity index (χ4n) is 1.89. The van der Waals surface area contributed by atoms with Crippen molar-refractivity contribution in [2.75, 3.05) is 13.2 Å². The summed E-state index contributed by atoms with van der Waals surface area (Å²) in [5.41, 5.74) is -0.367. The van der Waals surface area contributed by atoms with Crippen LogP contribution in [0.3, 0.4) is 0 Å². The Labute approximate surface area is 114 Å². The maximum atomic E-state index is 11.9. The van der Waals surface area contributed by atoms with E-state index in [0.29, 0.717) is 0 Å². The lowest BCUT2D eigenvalue weighted by Gasteiger charge is -2.26. The SMILES string of the molecule is CC(C)[C@H](CO)C(=O)NC[C@](C)(O)c1ccccc1. The lowest BCUT2D eigenvalue weighted by Crippen LogP contribution is -2.43. The Morgan fingerprint density at radius 2 is 1.89 bits per heavy atom. The zero-order valence-corrected chi connectivity index (χ0v) is 11.8. The van der Waals surface area contributed by atoms with Crippen LogP contribution in [0.1, 0.15) is 26.3 Å². The monoisotopic (exact) mass is 265 g/mol. The lowest BCUT2D eigenvalue weighted by atomic mass is 9.93. The molecular weight excluding hydrogens is 242 g/mol. The molecule has 0 saturated heterocycles. The van der Waals surface area contributed by atoms with Gasteiger partial charge in [-0.25, -0.2) is 0 Å². The molecule has 1 amide bonds. The Kier molecular flexibility index (Phi) is 5.51. The maximum absolute atomic E-state index is 11.9. The van der Waals surface area contributed by atoms with Crippen LogP contribution in [0, 0.1) is 11.8 Å². The smallest absolute Gasteiger partial charge is 0.225 e. The van der Waals surface area contributed by atoms with Crippen LogP contribution in [0.15, 0.2) is 30.3 Å². The van der Waals surface area contributed by atoms with Gasteiger partial charge in [0.1, 0.15) is 5.60 Å². The first kappa shape index (κ1) is 15.7. The number of aliphatic hydroxyl groups excluding tert-OH is 1. The summed E-state index contributed by atoms with van der Waals surface area (Å²) in [5, 5.41) is 22.2. The summed E-state index contributed by atoms with van der Waals surface area (Å²) >= 11 is 0. The molecule has 0 aromatic heterocycles. The van der Waals surface area contributed by atoms with Crippen LogP contribution in [-0.2, 0) is 10.4 Å². The third-order valence-corrected chi connectivity index (χ3v) is 3.34. The summed E-state index contributed by atoms with van der Waals surface area (Å²) in [5.74, 6) is -0.605. The molecule has 0 heterocycles. The van der Waals surface area contributed by atoms with Crippen LogP contribution in [0.4, 0.5) is 0 Å². The molecule has 0 aliphatic heterocycles. The molecule has 2 atom stereocenters. The molecule has 106 valence electrons. The van der Waals surface area contributed by atoms with Crippen LogP contribution >= 0.6 is 0 Å². The number of rotatable bonds is 6. The van der Waals surface area contributed by atoms with Crippen molar-refractivity contribution in [1.82, 2.24) is 5.32 Å². The highest BCUT2D eigenvalue weighted by molar-refractivity contribution is 5.79. The second-order valence-corrected chi connectivity index (χ2v) is 5.39. The Morgan fingerprint density at radius 1 is 1.32 bits per heavy atom. The van der Waals surface area contributed by atoms with E-state index in [1.54, 1.807) is 6.92 Å². The minimum absolute atomic E-state index is 0.0617. The predicted octanol–water partition coefficient (Wildman–Crippen LogP) is 1.27. The van der Waals surface area contributed by atoms with E-state index < -0.39 is 11.5 Å². The Morgan fingerprint density at radius 3 is 2.37 bits per heavy atom. The number of carbonyl (C=O) groups is 1. The minimum Gasteiger partial charge on any atom is -0.396 e. The molecule has 19 heavy (non-hydrogen) atoms. The predicted molar refractivity (Wildman–Crippen MR) is 74.4 cm³/mol. The molecule has 3 N–H and O–H groups in total. The van der Waals surface area contributed by atoms with Gasteiger partial charge in [0.25, 0.3) is 0 Å². The van der Waals surface area contributed by atoms with E-state index in [1.165, 1.54) is 0 Å². The number of aliphatic hydroxyl groups is 2. The van der Waals surface area contributed by atoms with Crippen molar-refractivity contribution in [2.45, 2.75) is 26.4 Å². The zero-order chi connectivity index (χ0) is 14.5. The van der Waals surface area contributed by atoms with Gasteiger partial charge in [-0.05, 0) is 18.4 Å². The quantitative estimate of drug-likeness (QED) is 0.725. The molecule has 0 fully saturated rings. The highest BCUT2D eigenvalue weighted by Crippen LogP contribution is 2.19. The van der Waals surface area contributed by atoms with E-state index in [-0.39, 0.29) is 25.0 Å². The lowest BCUT2D eigenvalue weighted by molar-refractivity contribution is -0.128. The maximum Gasteiger partial charge on any atom is 0.225 e. The van der Waals surface area contributed by atoms with Crippen molar-refractivity contribution in [2.24, 2.45) is 11.8 Å². The van der Waals surface area contributed by atoms with Gasteiger partial charge in [0.15, 0.2) is 0 Å². The molecule has 0 unspecified atom stereocenters. The number of amides is 1. The van der Waals surface area contributed by atoms with Gasteiger partial charge >= 0.3 is 0 Å². The minimum atomic E-state index is -1.12. The average Bonchev–Trinajstić information content (AvgIpc) is 2.38. The zero-order valence-electron chi connectivity index (χ0n) is 11.8. The van der Waals surface area contributed by atoms with Crippen molar-refractivity contribution >= 4 is 5.91 Å². The van der Waals surface area contributed by atoms with Gasteiger partial charge in [-0.2, -0.15) is 0 Å². The van der Waals surface area contributed by atoms with Crippen molar-refractivity contribution in [3.05, 3.63) is 35.9 Å². The summed E-state index contributed by atoms with van der Waals surface area (Å²) in [4.78, 5) is 11.9. The summed E-state index contributed by atoms with van der Waals surface area (Å²) < 4.78 is 0. The fraction of sp³-hybridized carbons (Fsp3) is 0.533. The first-order valence-corrected chi connectivity index (χ1v) is 6.55. The van der Waals surface area contributed by atoms with E-state index in [0.717, 1.165) is 5.56 Å². The van der Waals surface area contributed by atoms with Crippen LogP contribution < -0.4 is 5.32 Å². The van der Waals surface area contributed by atoms with E-state index in [1.807, 2.05) is 44.2 Å². The second kappa shape index (κ2) is 6.68. The molecule has 0 aliphatic rings. The second-order valence-electron chi connectivity index (χ2n) is 5.39. The van der Waals surface area contributed by atoms with Gasteiger partial charge in [0.2, 0.25) is 5.91 Å². The van der Waals surface area contributed by atoms with Crippen LogP contribution in [0.5, 0.6) is 0 Å². The first-order valence-electron chi connectivity index (χ1n) is 6.55. The van der Waals surface area contributed by atoms with E-state index in [4.69, 9.17) is 0 Å². The molecule has 1 aromatic carbocycles. The standard InChI is InChI=1S/C15H23NO3/c1-11(2)13(9-17)14(18)16-10-15(3,19)12-7-5-4-6-8-12/h4-8,11,13,17,19H,9-10H2,1-3H3,(H,16,18)/t13-,15-/m0/s1. The molecule has 0 spiro atoms. The summed E-state index contributed by atoms with van der Waals surface area (Å²) in [6.07, 6.45) is 0. The Bertz CT molecular complexity index is 401. The third-order valence-electron chi connectivity index (χ3n) is 3.34. The van der Waals surface area contributed by atoms with E-state index in [2.05, 4.69) is 5.32 Å². The topological polar surface area (TPSA) is 69.6 Å².